The van der Waals surface area contributed by atoms with Crippen LogP contribution in [0.3, 0.4) is 0 Å². The van der Waals surface area contributed by atoms with Crippen molar-refractivity contribution in [1.82, 2.24) is 34.9 Å². The zero-order valence-corrected chi connectivity index (χ0v) is 35.5. The van der Waals surface area contributed by atoms with Crippen LogP contribution in [-0.2, 0) is 22.7 Å². The van der Waals surface area contributed by atoms with Crippen LogP contribution in [0, 0.1) is 23.1 Å². The molecular formula is C50H49FN10O3. The van der Waals surface area contributed by atoms with E-state index >= 15 is 4.39 Å². The number of piperazine rings is 1. The molecule has 5 heterocycles. The van der Waals surface area contributed by atoms with Crippen molar-refractivity contribution in [2.75, 3.05) is 56.0 Å². The molecule has 13 nitrogen and oxygen atoms in total. The number of aromatic nitrogens is 4. The van der Waals surface area contributed by atoms with Crippen molar-refractivity contribution in [1.29, 1.82) is 5.26 Å². The number of nitriles is 1. The molecule has 0 bridgehead atoms. The molecule has 64 heavy (non-hydrogen) atoms. The molecule has 3 aliphatic heterocycles. The van der Waals surface area contributed by atoms with Crippen molar-refractivity contribution >= 4 is 23.2 Å². The van der Waals surface area contributed by atoms with E-state index in [2.05, 4.69) is 60.8 Å². The van der Waals surface area contributed by atoms with Crippen molar-refractivity contribution in [3.05, 3.63) is 148 Å². The number of anilines is 2. The Hall–Kier alpha value is -7.08. The van der Waals surface area contributed by atoms with Gasteiger partial charge in [0.2, 0.25) is 11.8 Å². The zero-order chi connectivity index (χ0) is 44.0. The molecule has 9 rings (SSSR count). The van der Waals surface area contributed by atoms with Gasteiger partial charge in [-0.3, -0.25) is 29.5 Å². The predicted molar refractivity (Wildman–Crippen MR) is 244 cm³/mol. The van der Waals surface area contributed by atoms with Crippen LogP contribution in [0.2, 0.25) is 0 Å². The van der Waals surface area contributed by atoms with Gasteiger partial charge in [0.1, 0.15) is 11.9 Å². The summed E-state index contributed by atoms with van der Waals surface area (Å²) in [6.45, 7) is 7.58. The molecule has 0 radical (unpaired) electrons. The molecule has 0 aliphatic carbocycles. The molecule has 6 aromatic rings. The fraction of sp³-hybridized carbons (Fsp3) is 0.300. The highest BCUT2D eigenvalue weighted by Gasteiger charge is 2.28. The second kappa shape index (κ2) is 19.1. The van der Waals surface area contributed by atoms with Gasteiger partial charge in [0.05, 0.1) is 29.6 Å². The lowest BCUT2D eigenvalue weighted by Crippen LogP contribution is -2.49. The fourth-order valence-electron chi connectivity index (χ4n) is 8.93. The molecule has 1 atom stereocenters. The topological polar surface area (TPSA) is 152 Å². The van der Waals surface area contributed by atoms with Crippen LogP contribution >= 0.6 is 0 Å². The van der Waals surface area contributed by atoms with Gasteiger partial charge in [-0.15, -0.1) is 0 Å². The standard InChI is InChI=1S/C50H49FN10O3/c51-43-27-42(55-45-11-14-47(62)56-50(45)64)10-13-46(43)60-22-20-59(21-23-60)31-34-16-18-58(19-17-34)32-36-5-2-7-38(25-36)41-29-53-49(54-30-41)40-9-3-6-37(26-40)33-61-48(63)15-12-44(57-61)39-8-1-4-35(24-39)28-52/h1-10,12-13,15,24-27,29-30,34,45,55H,11,14,16-23,31-33H2,(H,56,62,64). The normalized spacial score (nSPS) is 17.5. The van der Waals surface area contributed by atoms with Crippen LogP contribution < -0.4 is 21.1 Å². The highest BCUT2D eigenvalue weighted by Crippen LogP contribution is 2.28. The van der Waals surface area contributed by atoms with Gasteiger partial charge in [-0.2, -0.15) is 10.4 Å². The summed E-state index contributed by atoms with van der Waals surface area (Å²) < 4.78 is 16.7. The van der Waals surface area contributed by atoms with Crippen molar-refractivity contribution in [3.8, 4) is 39.8 Å². The van der Waals surface area contributed by atoms with Gasteiger partial charge in [0.25, 0.3) is 5.56 Å². The molecular weight excluding hydrogens is 808 g/mol. The van der Waals surface area contributed by atoms with Crippen LogP contribution in [-0.4, -0.2) is 93.2 Å². The van der Waals surface area contributed by atoms with E-state index in [1.165, 1.54) is 22.4 Å². The Kier molecular flexibility index (Phi) is 12.6. The van der Waals surface area contributed by atoms with Crippen molar-refractivity contribution in [2.45, 2.75) is 44.8 Å². The summed E-state index contributed by atoms with van der Waals surface area (Å²) in [5, 5.41) is 19.3. The van der Waals surface area contributed by atoms with Crippen LogP contribution in [0.1, 0.15) is 42.4 Å². The lowest BCUT2D eigenvalue weighted by Gasteiger charge is -2.39. The Morgan fingerprint density at radius 1 is 0.719 bits per heavy atom. The monoisotopic (exact) mass is 856 g/mol. The summed E-state index contributed by atoms with van der Waals surface area (Å²) in [4.78, 5) is 53.0. The number of hydrogen-bond donors (Lipinski definition) is 2. The number of hydrogen-bond acceptors (Lipinski definition) is 11. The molecule has 0 spiro atoms. The van der Waals surface area contributed by atoms with E-state index in [9.17, 15) is 19.6 Å². The summed E-state index contributed by atoms with van der Waals surface area (Å²) in [6, 6.07) is 33.4. The third kappa shape index (κ3) is 10.1. The number of amides is 2. The van der Waals surface area contributed by atoms with Crippen molar-refractivity contribution in [3.63, 3.8) is 0 Å². The van der Waals surface area contributed by atoms with E-state index in [0.29, 0.717) is 40.8 Å². The van der Waals surface area contributed by atoms with Crippen LogP contribution in [0.25, 0.3) is 33.8 Å². The first-order valence-electron chi connectivity index (χ1n) is 21.9. The third-order valence-electron chi connectivity index (χ3n) is 12.5. The maximum absolute atomic E-state index is 15.2. The average molecular weight is 857 g/mol. The zero-order valence-electron chi connectivity index (χ0n) is 35.5. The molecule has 3 aliphatic rings. The van der Waals surface area contributed by atoms with Crippen LogP contribution in [0.4, 0.5) is 15.8 Å². The largest absolute Gasteiger partial charge is 0.374 e. The smallest absolute Gasteiger partial charge is 0.267 e. The van der Waals surface area contributed by atoms with Gasteiger partial charge >= 0.3 is 0 Å². The Labute approximate surface area is 371 Å². The first-order valence-corrected chi connectivity index (χ1v) is 21.9. The minimum Gasteiger partial charge on any atom is -0.374 e. The quantitative estimate of drug-likeness (QED) is 0.133. The van der Waals surface area contributed by atoms with E-state index in [1.54, 1.807) is 36.4 Å². The fourth-order valence-corrected chi connectivity index (χ4v) is 8.93. The van der Waals surface area contributed by atoms with Gasteiger partial charge in [0.15, 0.2) is 5.82 Å². The van der Waals surface area contributed by atoms with Gasteiger partial charge in [-0.1, -0.05) is 48.5 Å². The average Bonchev–Trinajstić information content (AvgIpc) is 3.32. The summed E-state index contributed by atoms with van der Waals surface area (Å²) in [6.07, 6.45) is 6.67. The number of halogens is 1. The third-order valence-corrected chi connectivity index (χ3v) is 12.5. The van der Waals surface area contributed by atoms with Crippen molar-refractivity contribution in [2.24, 2.45) is 5.92 Å². The molecule has 0 saturated carbocycles. The van der Waals surface area contributed by atoms with Crippen molar-refractivity contribution < 1.29 is 14.0 Å². The first kappa shape index (κ1) is 42.2. The number of piperidine rings is 2. The predicted octanol–water partition coefficient (Wildman–Crippen LogP) is 6.34. The van der Waals surface area contributed by atoms with E-state index < -0.39 is 6.04 Å². The SMILES string of the molecule is N#Cc1cccc(-c2ccc(=O)n(Cc3cccc(-c4ncc(-c5cccc(CN6CCC(CN7CCN(c8ccc(NC9CCC(=O)NC9=O)cc8F)CC7)CC6)c5)cn4)c3)n2)c1. The van der Waals surface area contributed by atoms with E-state index in [4.69, 9.17) is 9.97 Å². The minimum absolute atomic E-state index is 0.217. The van der Waals surface area contributed by atoms with Crippen LogP contribution in [0.5, 0.6) is 0 Å². The van der Waals surface area contributed by atoms with Crippen LogP contribution in [0.15, 0.2) is 120 Å². The van der Waals surface area contributed by atoms with Gasteiger partial charge in [-0.05, 0) is 103 Å². The molecule has 3 fully saturated rings. The van der Waals surface area contributed by atoms with Gasteiger partial charge < -0.3 is 10.2 Å². The minimum atomic E-state index is -0.547. The number of likely N-dealkylation sites (tertiary alicyclic amines) is 1. The molecule has 4 aromatic carbocycles. The lowest BCUT2D eigenvalue weighted by molar-refractivity contribution is -0.133. The summed E-state index contributed by atoms with van der Waals surface area (Å²) in [5.41, 5.74) is 7.80. The Morgan fingerprint density at radius 2 is 1.44 bits per heavy atom. The van der Waals surface area contributed by atoms with Gasteiger partial charge in [-0.25, -0.2) is 19.0 Å². The molecule has 2 aromatic heterocycles. The van der Waals surface area contributed by atoms with E-state index in [1.807, 2.05) is 42.7 Å². The molecule has 2 amide bonds. The van der Waals surface area contributed by atoms with E-state index in [0.717, 1.165) is 93.0 Å². The molecule has 1 unspecified atom stereocenters. The number of rotatable bonds is 12. The number of nitrogens with zero attached hydrogens (tertiary/aromatic N) is 8. The maximum Gasteiger partial charge on any atom is 0.267 e. The second-order valence-electron chi connectivity index (χ2n) is 16.9. The number of carbonyl (C=O) groups excluding carboxylic acids is 2. The Morgan fingerprint density at radius 3 is 2.19 bits per heavy atom. The summed E-state index contributed by atoms with van der Waals surface area (Å²) in [5.74, 6) is 0.258. The van der Waals surface area contributed by atoms with E-state index in [-0.39, 0.29) is 36.2 Å². The highest BCUT2D eigenvalue weighted by atomic mass is 19.1. The number of imide groups is 1. The summed E-state index contributed by atoms with van der Waals surface area (Å²) in [7, 11) is 0. The molecule has 14 heteroatoms. The van der Waals surface area contributed by atoms with Gasteiger partial charge in [0, 0.05) is 86.5 Å². The number of nitrogens with one attached hydrogen (secondary N) is 2. The molecule has 2 N–H and O–H groups in total. The molecule has 3 saturated heterocycles. The number of carbonyl (C=O) groups is 2. The second-order valence-corrected chi connectivity index (χ2v) is 16.9. The number of benzene rings is 4. The maximum atomic E-state index is 15.2. The Balaban J connectivity index is 0.741. The lowest BCUT2D eigenvalue weighted by atomic mass is 9.95. The highest BCUT2D eigenvalue weighted by molar-refractivity contribution is 6.01. The molecule has 324 valence electrons. The summed E-state index contributed by atoms with van der Waals surface area (Å²) >= 11 is 0. The Bertz CT molecular complexity index is 2750. The first-order chi connectivity index (χ1) is 31.2.